The first-order valence-electron chi connectivity index (χ1n) is 5.89. The van der Waals surface area contributed by atoms with E-state index in [4.69, 9.17) is 9.84 Å². The molecule has 2 rings (SSSR count). The summed E-state index contributed by atoms with van der Waals surface area (Å²) in [5, 5.41) is 12.1. The van der Waals surface area contributed by atoms with Crippen LogP contribution in [-0.2, 0) is 4.74 Å². The fourth-order valence-corrected chi connectivity index (χ4v) is 1.99. The van der Waals surface area contributed by atoms with E-state index in [-0.39, 0.29) is 17.2 Å². The number of aromatic nitrogens is 2. The molecule has 0 bridgehead atoms. The minimum Gasteiger partial charge on any atom is -0.478 e. The molecule has 0 aliphatic carbocycles. The zero-order valence-electron chi connectivity index (χ0n) is 10.7. The average molecular weight is 251 g/mol. The monoisotopic (exact) mass is 251 g/mol. The first-order valence-corrected chi connectivity index (χ1v) is 5.89. The summed E-state index contributed by atoms with van der Waals surface area (Å²) in [5.74, 6) is -0.569. The molecule has 0 saturated carbocycles. The van der Waals surface area contributed by atoms with E-state index in [9.17, 15) is 4.79 Å². The van der Waals surface area contributed by atoms with Crippen molar-refractivity contribution in [2.75, 3.05) is 11.9 Å². The van der Waals surface area contributed by atoms with Gasteiger partial charge in [0.1, 0.15) is 0 Å². The standard InChI is InChI=1S/C12H17N3O3/c1-7-9(10(16)17)6-13-11(14-7)15-12(3)4-5-18-8(12)2/h6,8H,4-5H2,1-3H3,(H,16,17)(H,13,14,15). The van der Waals surface area contributed by atoms with Crippen molar-refractivity contribution in [3.05, 3.63) is 17.5 Å². The fraction of sp³-hybridized carbons (Fsp3) is 0.583. The van der Waals surface area contributed by atoms with Crippen LogP contribution in [0, 0.1) is 6.92 Å². The Bertz CT molecular complexity index is 478. The summed E-state index contributed by atoms with van der Waals surface area (Å²) in [6.45, 7) is 6.41. The fourth-order valence-electron chi connectivity index (χ4n) is 1.99. The number of rotatable bonds is 3. The van der Waals surface area contributed by atoms with Gasteiger partial charge in [0.15, 0.2) is 0 Å². The Labute approximate surface area is 105 Å². The highest BCUT2D eigenvalue weighted by Gasteiger charge is 2.37. The van der Waals surface area contributed by atoms with E-state index < -0.39 is 5.97 Å². The normalized spacial score (nSPS) is 27.2. The molecule has 6 nitrogen and oxygen atoms in total. The Morgan fingerprint density at radius 1 is 1.67 bits per heavy atom. The zero-order chi connectivity index (χ0) is 13.3. The van der Waals surface area contributed by atoms with E-state index in [0.717, 1.165) is 6.42 Å². The lowest BCUT2D eigenvalue weighted by Crippen LogP contribution is -2.41. The zero-order valence-corrected chi connectivity index (χ0v) is 10.7. The number of hydrogen-bond acceptors (Lipinski definition) is 5. The maximum Gasteiger partial charge on any atom is 0.339 e. The Morgan fingerprint density at radius 2 is 2.39 bits per heavy atom. The quantitative estimate of drug-likeness (QED) is 0.846. The number of carboxylic acids is 1. The molecule has 0 radical (unpaired) electrons. The van der Waals surface area contributed by atoms with Crippen molar-refractivity contribution >= 4 is 11.9 Å². The van der Waals surface area contributed by atoms with Gasteiger partial charge >= 0.3 is 5.97 Å². The molecule has 1 fully saturated rings. The molecule has 2 N–H and O–H groups in total. The molecule has 18 heavy (non-hydrogen) atoms. The highest BCUT2D eigenvalue weighted by molar-refractivity contribution is 5.88. The minimum absolute atomic E-state index is 0.0700. The molecular weight excluding hydrogens is 234 g/mol. The number of carboxylic acid groups (broad SMARTS) is 1. The maximum absolute atomic E-state index is 10.9. The highest BCUT2D eigenvalue weighted by atomic mass is 16.5. The molecule has 2 atom stereocenters. The van der Waals surface area contributed by atoms with Crippen molar-refractivity contribution in [2.45, 2.75) is 38.8 Å². The van der Waals surface area contributed by atoms with Crippen LogP contribution in [0.25, 0.3) is 0 Å². The van der Waals surface area contributed by atoms with E-state index >= 15 is 0 Å². The molecule has 1 aliphatic rings. The van der Waals surface area contributed by atoms with E-state index in [1.54, 1.807) is 6.92 Å². The number of nitrogens with one attached hydrogen (secondary N) is 1. The molecule has 98 valence electrons. The van der Waals surface area contributed by atoms with Crippen molar-refractivity contribution in [2.24, 2.45) is 0 Å². The van der Waals surface area contributed by atoms with Crippen molar-refractivity contribution in [1.82, 2.24) is 9.97 Å². The van der Waals surface area contributed by atoms with Crippen LogP contribution in [-0.4, -0.2) is 39.3 Å². The Hall–Kier alpha value is -1.69. The lowest BCUT2D eigenvalue weighted by molar-refractivity contribution is 0.0695. The molecule has 1 aromatic rings. The number of nitrogens with zero attached hydrogens (tertiary/aromatic N) is 2. The predicted molar refractivity (Wildman–Crippen MR) is 65.8 cm³/mol. The second kappa shape index (κ2) is 4.53. The van der Waals surface area contributed by atoms with Crippen LogP contribution in [0.2, 0.25) is 0 Å². The largest absolute Gasteiger partial charge is 0.478 e. The summed E-state index contributed by atoms with van der Waals surface area (Å²) >= 11 is 0. The molecule has 1 aliphatic heterocycles. The smallest absolute Gasteiger partial charge is 0.339 e. The summed E-state index contributed by atoms with van der Waals surface area (Å²) in [6, 6.07) is 0. The van der Waals surface area contributed by atoms with Crippen molar-refractivity contribution in [3.8, 4) is 0 Å². The second-order valence-corrected chi connectivity index (χ2v) is 4.80. The molecule has 0 amide bonds. The van der Waals surface area contributed by atoms with Gasteiger partial charge in [0, 0.05) is 12.8 Å². The van der Waals surface area contributed by atoms with Crippen LogP contribution in [0.3, 0.4) is 0 Å². The summed E-state index contributed by atoms with van der Waals surface area (Å²) in [4.78, 5) is 19.1. The third-order valence-electron chi connectivity index (χ3n) is 3.49. The van der Waals surface area contributed by atoms with Gasteiger partial charge in [-0.25, -0.2) is 14.8 Å². The summed E-state index contributed by atoms with van der Waals surface area (Å²) < 4.78 is 5.52. The molecule has 0 spiro atoms. The van der Waals surface area contributed by atoms with Crippen molar-refractivity contribution in [1.29, 1.82) is 0 Å². The van der Waals surface area contributed by atoms with E-state index in [2.05, 4.69) is 22.2 Å². The molecular formula is C12H17N3O3. The number of carbonyl (C=O) groups is 1. The number of anilines is 1. The van der Waals surface area contributed by atoms with Gasteiger partial charge < -0.3 is 15.2 Å². The van der Waals surface area contributed by atoms with E-state index in [1.807, 2.05) is 6.92 Å². The van der Waals surface area contributed by atoms with Gasteiger partial charge in [-0.3, -0.25) is 0 Å². The molecule has 0 aromatic carbocycles. The van der Waals surface area contributed by atoms with Crippen LogP contribution in [0.15, 0.2) is 6.20 Å². The van der Waals surface area contributed by atoms with Crippen LogP contribution in [0.4, 0.5) is 5.95 Å². The summed E-state index contributed by atoms with van der Waals surface area (Å²) in [6.07, 6.45) is 2.27. The number of ether oxygens (including phenoxy) is 1. The van der Waals surface area contributed by atoms with Gasteiger partial charge in [-0.05, 0) is 27.2 Å². The number of hydrogen-bond donors (Lipinski definition) is 2. The van der Waals surface area contributed by atoms with Gasteiger partial charge in [-0.15, -0.1) is 0 Å². The number of aryl methyl sites for hydroxylation is 1. The first kappa shape index (κ1) is 12.8. The van der Waals surface area contributed by atoms with Gasteiger partial charge in [-0.2, -0.15) is 0 Å². The van der Waals surface area contributed by atoms with Crippen molar-refractivity contribution in [3.63, 3.8) is 0 Å². The third kappa shape index (κ3) is 2.28. The van der Waals surface area contributed by atoms with Crippen LogP contribution >= 0.6 is 0 Å². The van der Waals surface area contributed by atoms with Gasteiger partial charge in [-0.1, -0.05) is 0 Å². The molecule has 1 aromatic heterocycles. The first-order chi connectivity index (χ1) is 8.42. The summed E-state index contributed by atoms with van der Waals surface area (Å²) in [7, 11) is 0. The number of aromatic carboxylic acids is 1. The van der Waals surface area contributed by atoms with E-state index in [1.165, 1.54) is 6.20 Å². The van der Waals surface area contributed by atoms with Gasteiger partial charge in [0.2, 0.25) is 5.95 Å². The van der Waals surface area contributed by atoms with Gasteiger partial charge in [0.05, 0.1) is 22.9 Å². The average Bonchev–Trinajstić information content (AvgIpc) is 2.58. The predicted octanol–water partition coefficient (Wildman–Crippen LogP) is 1.46. The van der Waals surface area contributed by atoms with Crippen LogP contribution < -0.4 is 5.32 Å². The van der Waals surface area contributed by atoms with Gasteiger partial charge in [0.25, 0.3) is 0 Å². The highest BCUT2D eigenvalue weighted by Crippen LogP contribution is 2.28. The SMILES string of the molecule is Cc1nc(NC2(C)CCOC2C)ncc1C(=O)O. The van der Waals surface area contributed by atoms with Crippen molar-refractivity contribution < 1.29 is 14.6 Å². The van der Waals surface area contributed by atoms with Crippen LogP contribution in [0.1, 0.15) is 36.3 Å². The molecule has 2 unspecified atom stereocenters. The third-order valence-corrected chi connectivity index (χ3v) is 3.49. The minimum atomic E-state index is -1.01. The Kier molecular flexibility index (Phi) is 3.21. The van der Waals surface area contributed by atoms with E-state index in [0.29, 0.717) is 18.2 Å². The Balaban J connectivity index is 2.20. The summed E-state index contributed by atoms with van der Waals surface area (Å²) in [5.41, 5.74) is 0.369. The molecule has 2 heterocycles. The topological polar surface area (TPSA) is 84.3 Å². The second-order valence-electron chi connectivity index (χ2n) is 4.80. The molecule has 6 heteroatoms. The van der Waals surface area contributed by atoms with Crippen LogP contribution in [0.5, 0.6) is 0 Å². The molecule has 1 saturated heterocycles. The lowest BCUT2D eigenvalue weighted by atomic mass is 9.95. The maximum atomic E-state index is 10.9. The lowest BCUT2D eigenvalue weighted by Gasteiger charge is -2.28. The Morgan fingerprint density at radius 3 is 2.89 bits per heavy atom.